The second kappa shape index (κ2) is 6.54. The maximum absolute atomic E-state index is 12.1. The van der Waals surface area contributed by atoms with Gasteiger partial charge < -0.3 is 10.3 Å². The summed E-state index contributed by atoms with van der Waals surface area (Å²) in [5.74, 6) is 0.703. The second-order valence-electron chi connectivity index (χ2n) is 5.23. The van der Waals surface area contributed by atoms with Crippen molar-refractivity contribution < 1.29 is 8.42 Å². The number of aromatic nitrogens is 1. The summed E-state index contributed by atoms with van der Waals surface area (Å²) in [5.41, 5.74) is 0.874. The van der Waals surface area contributed by atoms with Crippen LogP contribution in [0.4, 0.5) is 0 Å². The standard InChI is InChI=1S/C13H23N3O2S/c1-14-9-12-8-13(10-15-12)19(17,18)16-7-6-11-4-2-3-5-11/h8,10-11,14-16H,2-7,9H2,1H3. The Kier molecular flexibility index (Phi) is 5.01. The average molecular weight is 285 g/mol. The third-order valence-corrected chi connectivity index (χ3v) is 5.15. The fourth-order valence-corrected chi connectivity index (χ4v) is 3.71. The van der Waals surface area contributed by atoms with E-state index >= 15 is 0 Å². The molecule has 5 nitrogen and oxygen atoms in total. The van der Waals surface area contributed by atoms with Crippen LogP contribution in [-0.2, 0) is 16.6 Å². The van der Waals surface area contributed by atoms with E-state index in [0.717, 1.165) is 12.1 Å². The highest BCUT2D eigenvalue weighted by molar-refractivity contribution is 7.89. The van der Waals surface area contributed by atoms with Gasteiger partial charge in [0.05, 0.1) is 4.90 Å². The van der Waals surface area contributed by atoms with E-state index in [-0.39, 0.29) is 0 Å². The molecule has 0 unspecified atom stereocenters. The Morgan fingerprint density at radius 2 is 2.11 bits per heavy atom. The molecular weight excluding hydrogens is 262 g/mol. The van der Waals surface area contributed by atoms with Gasteiger partial charge in [0, 0.05) is 25.0 Å². The van der Waals surface area contributed by atoms with Crippen LogP contribution in [-0.4, -0.2) is 27.0 Å². The molecule has 0 amide bonds. The lowest BCUT2D eigenvalue weighted by Gasteiger charge is -2.09. The molecule has 1 aliphatic rings. The van der Waals surface area contributed by atoms with Crippen molar-refractivity contribution in [2.75, 3.05) is 13.6 Å². The van der Waals surface area contributed by atoms with E-state index in [9.17, 15) is 8.42 Å². The van der Waals surface area contributed by atoms with Crippen molar-refractivity contribution in [3.05, 3.63) is 18.0 Å². The molecule has 1 fully saturated rings. The lowest BCUT2D eigenvalue weighted by atomic mass is 10.1. The third kappa shape index (κ3) is 4.06. The van der Waals surface area contributed by atoms with Crippen LogP contribution < -0.4 is 10.0 Å². The van der Waals surface area contributed by atoms with Gasteiger partial charge in [-0.25, -0.2) is 13.1 Å². The molecule has 6 heteroatoms. The number of rotatable bonds is 7. The Labute approximate surface area is 115 Å². The second-order valence-corrected chi connectivity index (χ2v) is 6.99. The SMILES string of the molecule is CNCc1cc(S(=O)(=O)NCCC2CCCC2)c[nH]1. The quantitative estimate of drug-likeness (QED) is 0.712. The molecule has 1 saturated carbocycles. The smallest absolute Gasteiger partial charge is 0.242 e. The Bertz CT molecular complexity index is 490. The van der Waals surface area contributed by atoms with Crippen LogP contribution in [0.2, 0.25) is 0 Å². The average Bonchev–Trinajstić information content (AvgIpc) is 3.00. The van der Waals surface area contributed by atoms with Gasteiger partial charge in [-0.15, -0.1) is 0 Å². The first-order chi connectivity index (χ1) is 9.12. The topological polar surface area (TPSA) is 74.0 Å². The maximum atomic E-state index is 12.1. The van der Waals surface area contributed by atoms with E-state index in [1.165, 1.54) is 25.7 Å². The largest absolute Gasteiger partial charge is 0.363 e. The lowest BCUT2D eigenvalue weighted by Crippen LogP contribution is -2.25. The predicted octanol–water partition coefficient (Wildman–Crippen LogP) is 1.59. The van der Waals surface area contributed by atoms with E-state index in [0.29, 0.717) is 23.9 Å². The van der Waals surface area contributed by atoms with E-state index in [2.05, 4.69) is 15.0 Å². The van der Waals surface area contributed by atoms with Crippen LogP contribution in [0.25, 0.3) is 0 Å². The summed E-state index contributed by atoms with van der Waals surface area (Å²) in [7, 11) is -1.53. The molecule has 1 aliphatic carbocycles. The molecule has 0 spiro atoms. The molecule has 0 saturated heterocycles. The molecule has 0 radical (unpaired) electrons. The normalized spacial score (nSPS) is 17.1. The van der Waals surface area contributed by atoms with Gasteiger partial charge in [0.15, 0.2) is 0 Å². The highest BCUT2D eigenvalue weighted by Gasteiger charge is 2.18. The zero-order valence-corrected chi connectivity index (χ0v) is 12.2. The van der Waals surface area contributed by atoms with Gasteiger partial charge in [-0.3, -0.25) is 0 Å². The third-order valence-electron chi connectivity index (χ3n) is 3.71. The first-order valence-corrected chi connectivity index (χ1v) is 8.41. The molecule has 108 valence electrons. The molecule has 1 aromatic heterocycles. The summed E-state index contributed by atoms with van der Waals surface area (Å²) in [6.07, 6.45) is 7.58. The van der Waals surface area contributed by atoms with Crippen molar-refractivity contribution in [3.8, 4) is 0 Å². The summed E-state index contributed by atoms with van der Waals surface area (Å²) in [6, 6.07) is 1.68. The molecule has 1 heterocycles. The van der Waals surface area contributed by atoms with E-state index in [1.54, 1.807) is 12.3 Å². The maximum Gasteiger partial charge on any atom is 0.242 e. The Morgan fingerprint density at radius 3 is 2.79 bits per heavy atom. The lowest BCUT2D eigenvalue weighted by molar-refractivity contribution is 0.495. The number of H-pyrrole nitrogens is 1. The van der Waals surface area contributed by atoms with Crippen molar-refractivity contribution in [2.45, 2.75) is 43.5 Å². The minimum Gasteiger partial charge on any atom is -0.363 e. The van der Waals surface area contributed by atoms with E-state index < -0.39 is 10.0 Å². The van der Waals surface area contributed by atoms with Gasteiger partial charge >= 0.3 is 0 Å². The molecule has 2 rings (SSSR count). The molecule has 0 bridgehead atoms. The minimum absolute atomic E-state index is 0.323. The number of aromatic amines is 1. The van der Waals surface area contributed by atoms with Crippen LogP contribution in [0.1, 0.15) is 37.8 Å². The zero-order chi connectivity index (χ0) is 13.7. The van der Waals surface area contributed by atoms with Gasteiger partial charge in [0.1, 0.15) is 0 Å². The van der Waals surface area contributed by atoms with Crippen LogP contribution in [0.5, 0.6) is 0 Å². The van der Waals surface area contributed by atoms with Crippen molar-refractivity contribution in [1.29, 1.82) is 0 Å². The van der Waals surface area contributed by atoms with Crippen molar-refractivity contribution in [2.24, 2.45) is 5.92 Å². The molecule has 0 atom stereocenters. The number of hydrogen-bond donors (Lipinski definition) is 3. The van der Waals surface area contributed by atoms with E-state index in [4.69, 9.17) is 0 Å². The highest BCUT2D eigenvalue weighted by Crippen LogP contribution is 2.27. The van der Waals surface area contributed by atoms with Gasteiger partial charge in [0.25, 0.3) is 0 Å². The fraction of sp³-hybridized carbons (Fsp3) is 0.692. The predicted molar refractivity (Wildman–Crippen MR) is 75.3 cm³/mol. The highest BCUT2D eigenvalue weighted by atomic mass is 32.2. The monoisotopic (exact) mass is 285 g/mol. The minimum atomic E-state index is -3.36. The van der Waals surface area contributed by atoms with Gasteiger partial charge in [0.2, 0.25) is 10.0 Å². The van der Waals surface area contributed by atoms with Crippen LogP contribution in [0, 0.1) is 5.92 Å². The first-order valence-electron chi connectivity index (χ1n) is 6.93. The van der Waals surface area contributed by atoms with Crippen LogP contribution in [0.3, 0.4) is 0 Å². The molecule has 0 aromatic carbocycles. The van der Waals surface area contributed by atoms with Crippen LogP contribution >= 0.6 is 0 Å². The van der Waals surface area contributed by atoms with Crippen LogP contribution in [0.15, 0.2) is 17.2 Å². The van der Waals surface area contributed by atoms with Crippen molar-refractivity contribution in [3.63, 3.8) is 0 Å². The number of sulfonamides is 1. The molecule has 3 N–H and O–H groups in total. The Morgan fingerprint density at radius 1 is 1.37 bits per heavy atom. The Balaban J connectivity index is 1.85. The fourth-order valence-electron chi connectivity index (χ4n) is 2.65. The van der Waals surface area contributed by atoms with Gasteiger partial charge in [-0.2, -0.15) is 0 Å². The van der Waals surface area contributed by atoms with Crippen molar-refractivity contribution in [1.82, 2.24) is 15.0 Å². The first kappa shape index (κ1) is 14.6. The van der Waals surface area contributed by atoms with E-state index in [1.807, 2.05) is 7.05 Å². The molecule has 19 heavy (non-hydrogen) atoms. The summed E-state index contributed by atoms with van der Waals surface area (Å²) >= 11 is 0. The van der Waals surface area contributed by atoms with Gasteiger partial charge in [-0.1, -0.05) is 25.7 Å². The summed E-state index contributed by atoms with van der Waals surface area (Å²) in [4.78, 5) is 3.29. The molecular formula is C13H23N3O2S. The number of hydrogen-bond acceptors (Lipinski definition) is 3. The molecule has 0 aliphatic heterocycles. The summed E-state index contributed by atoms with van der Waals surface area (Å²) < 4.78 is 26.8. The van der Waals surface area contributed by atoms with Crippen molar-refractivity contribution >= 4 is 10.0 Å². The zero-order valence-electron chi connectivity index (χ0n) is 11.4. The molecule has 1 aromatic rings. The summed E-state index contributed by atoms with van der Waals surface area (Å²) in [5, 5.41) is 2.98. The Hall–Kier alpha value is -0.850. The van der Waals surface area contributed by atoms with Gasteiger partial charge in [-0.05, 0) is 25.5 Å². The summed E-state index contributed by atoms with van der Waals surface area (Å²) in [6.45, 7) is 1.18. The number of nitrogens with one attached hydrogen (secondary N) is 3.